The summed E-state index contributed by atoms with van der Waals surface area (Å²) in [6.07, 6.45) is -17.8. The minimum Gasteiger partial charge on any atom is -0.388 e. The number of hydrogen-bond acceptors (Lipinski definition) is 43. The predicted molar refractivity (Wildman–Crippen MR) is 438 cm³/mol. The van der Waals surface area contributed by atoms with Crippen LogP contribution in [0.1, 0.15) is 64.8 Å². The second kappa shape index (κ2) is 44.5. The summed E-state index contributed by atoms with van der Waals surface area (Å²) in [6.45, 7) is -4.94. The van der Waals surface area contributed by atoms with Gasteiger partial charge in [-0.1, -0.05) is 6.92 Å². The summed E-state index contributed by atoms with van der Waals surface area (Å²) in [6, 6.07) is -4.48. The maximum absolute atomic E-state index is 13.2. The van der Waals surface area contributed by atoms with Crippen molar-refractivity contribution in [3.63, 3.8) is 0 Å². The highest BCUT2D eigenvalue weighted by Crippen LogP contribution is 2.63. The zero-order valence-corrected chi connectivity index (χ0v) is 74.9. The minimum absolute atomic E-state index is 0.0776. The van der Waals surface area contributed by atoms with Crippen molar-refractivity contribution in [2.75, 3.05) is 85.2 Å². The predicted octanol–water partition coefficient (Wildman–Crippen LogP) is -3.36. The van der Waals surface area contributed by atoms with Crippen molar-refractivity contribution < 1.29 is 201 Å². The molecular weight excluding hydrogens is 1860 g/mol. The first-order valence-corrected chi connectivity index (χ1v) is 50.4. The van der Waals surface area contributed by atoms with Gasteiger partial charge in [0.15, 0.2) is 35.4 Å². The molecule has 12 rings (SSSR count). The Morgan fingerprint density at radius 3 is 1.22 bits per heavy atom. The van der Waals surface area contributed by atoms with E-state index in [0.29, 0.717) is 24.2 Å². The van der Waals surface area contributed by atoms with Gasteiger partial charge in [-0.2, -0.15) is 8.62 Å². The zero-order chi connectivity index (χ0) is 92.8. The average molecular weight is 1940 g/mol. The van der Waals surface area contributed by atoms with E-state index in [0.717, 1.165) is 14.3 Å². The lowest BCUT2D eigenvalue weighted by Crippen LogP contribution is -2.33. The summed E-state index contributed by atoms with van der Waals surface area (Å²) >= 11 is 0. The maximum atomic E-state index is 13.2. The number of aromatic nitrogens is 8. The molecule has 0 spiro atoms. The van der Waals surface area contributed by atoms with E-state index in [4.69, 9.17) is 162 Å². The number of aliphatic hydroxyl groups is 3. The Hall–Kier alpha value is -2.15. The Bertz CT molecular complexity index is 4730. The van der Waals surface area contributed by atoms with Gasteiger partial charge in [-0.15, -0.1) is 0 Å². The molecule has 0 amide bonds. The van der Waals surface area contributed by atoms with E-state index < -0.39 is 268 Å². The number of nitrogens with zero attached hydrogens (tertiary/aromatic N) is 8. The molecule has 72 heteroatoms. The van der Waals surface area contributed by atoms with Crippen LogP contribution in [0.25, 0.3) is 22.3 Å². The van der Waals surface area contributed by atoms with Gasteiger partial charge < -0.3 is 113 Å². The van der Waals surface area contributed by atoms with Crippen molar-refractivity contribution in [1.82, 2.24) is 39.0 Å². The fourth-order valence-electron chi connectivity index (χ4n) is 14.4. The molecule has 0 aliphatic carbocycles. The molecule has 0 bridgehead atoms. The highest BCUT2D eigenvalue weighted by atomic mass is 31.3. The van der Waals surface area contributed by atoms with Gasteiger partial charge in [0.2, 0.25) is 0 Å². The Morgan fingerprint density at radius 2 is 0.795 bits per heavy atom. The lowest BCUT2D eigenvalue weighted by atomic mass is 9.16. The standard InChI is InChI=1S/C28H45B5N5O22P4.C27H42B6N5O21P4/c1-13-4-14(49-3)17(54-13)7-50-61(41,42)58-15-5-21(32-29)55-18(15)8-51-62(43,44)59-16-6-22(33(30)31)56-19(16)9-52-63(45,46)60-64(47,48)53-10-20-24(39)25(40)28(57-20)38-12-37-23-26(34-2)35-11-36-27(23)38;1-12-16(56-27(24(12)39)38-11-37-23-25(34)35-10-36-26(23)38)6-51-62(44,45)59-63(46,47)52-9-19-15(5-22(55-19)33(30)31)58-61(42,43)50-8-18-14(4-21(32-29)54-18)57-60(40,41)49-7-17-13(48-2)3-20(28)53-17/h11-22,24-25,28,39-40H,4-10H2,1-3H3,(H,41,42)(H,43,44)(H,45,46)(H,47,48)(H,34,35,36);10-22,24,27,39H,3-9H2,1-2H3,(H,40,41)(H,42,43)(H,44,45)(H,46,47)(H2,34,35,36). The molecule has 688 valence electrons. The van der Waals surface area contributed by atoms with Crippen LogP contribution in [0.15, 0.2) is 25.3 Å². The number of phosphoric acid groups is 8. The summed E-state index contributed by atoms with van der Waals surface area (Å²) in [5.74, 6) is -0.278. The fraction of sp³-hybridized carbons (Fsp3) is 0.818. The van der Waals surface area contributed by atoms with Crippen molar-refractivity contribution in [1.29, 1.82) is 0 Å². The molecule has 8 aliphatic rings. The molecule has 8 fully saturated rings. The molecule has 4 aromatic rings. The Balaban J connectivity index is 0.000000246. The number of phosphoric ester groups is 8. The van der Waals surface area contributed by atoms with Gasteiger partial charge in [0.25, 0.3) is 0 Å². The lowest BCUT2D eigenvalue weighted by Gasteiger charge is -2.25. The molecular formula is C55H87B11N10O43P8. The Kier molecular flexibility index (Phi) is 36.9. The molecule has 127 heavy (non-hydrogen) atoms. The first kappa shape index (κ1) is 105. The number of imidazole rings is 2. The second-order valence-electron chi connectivity index (χ2n) is 29.7. The highest BCUT2D eigenvalue weighted by molar-refractivity contribution is 7.61. The van der Waals surface area contributed by atoms with Crippen LogP contribution in [0.5, 0.6) is 0 Å². The lowest BCUT2D eigenvalue weighted by molar-refractivity contribution is -0.0506. The number of methoxy groups -OCH3 is 2. The number of ether oxygens (including phenoxy) is 10. The third kappa shape index (κ3) is 28.5. The van der Waals surface area contributed by atoms with Gasteiger partial charge in [0.05, 0.1) is 142 Å². The average Bonchev–Trinajstić information content (AvgIpc) is 1.62. The van der Waals surface area contributed by atoms with Gasteiger partial charge in [0, 0.05) is 110 Å². The number of hydrogen-bond donors (Lipinski definition) is 13. The van der Waals surface area contributed by atoms with Crippen molar-refractivity contribution >= 4 is 178 Å². The fourth-order valence-corrected chi connectivity index (χ4v) is 22.4. The zero-order valence-electron chi connectivity index (χ0n) is 67.8. The topological polar surface area (TPSA) is 706 Å². The van der Waals surface area contributed by atoms with E-state index in [-0.39, 0.29) is 67.1 Å². The van der Waals surface area contributed by atoms with E-state index in [9.17, 15) is 91.0 Å². The summed E-state index contributed by atoms with van der Waals surface area (Å²) in [7, 11) is 4.96. The Labute approximate surface area is 736 Å². The molecule has 16 radical (unpaired) electrons. The van der Waals surface area contributed by atoms with Crippen molar-refractivity contribution in [2.24, 2.45) is 5.92 Å². The maximum Gasteiger partial charge on any atom is 0.481 e. The molecule has 53 nitrogen and oxygen atoms in total. The van der Waals surface area contributed by atoms with Crippen LogP contribution in [-0.4, -0.2) is 389 Å². The number of nitrogens with one attached hydrogen (secondary N) is 1. The molecule has 0 aromatic carbocycles. The van der Waals surface area contributed by atoms with Crippen molar-refractivity contribution in [3.05, 3.63) is 25.3 Å². The van der Waals surface area contributed by atoms with Gasteiger partial charge in [-0.05, 0) is 39.0 Å². The molecule has 8 saturated heterocycles. The van der Waals surface area contributed by atoms with Crippen LogP contribution < -0.4 is 11.1 Å². The van der Waals surface area contributed by atoms with Crippen LogP contribution in [0.4, 0.5) is 11.6 Å². The van der Waals surface area contributed by atoms with Gasteiger partial charge in [-0.3, -0.25) is 63.4 Å². The summed E-state index contributed by atoms with van der Waals surface area (Å²) in [5.41, 5.74) is 6.84. The van der Waals surface area contributed by atoms with E-state index in [1.54, 1.807) is 20.9 Å². The molecule has 12 heterocycles. The highest BCUT2D eigenvalue weighted by Gasteiger charge is 2.53. The Morgan fingerprint density at radius 1 is 0.441 bits per heavy atom. The number of anilines is 2. The summed E-state index contributed by atoms with van der Waals surface area (Å²) in [4.78, 5) is 108. The number of fused-ring (bicyclic) bond motifs is 2. The first-order chi connectivity index (χ1) is 59.5. The van der Waals surface area contributed by atoms with Crippen molar-refractivity contribution in [3.8, 4) is 0 Å². The quantitative estimate of drug-likeness (QED) is 0.0152. The third-order valence-electron chi connectivity index (χ3n) is 20.7. The van der Waals surface area contributed by atoms with Crippen LogP contribution in [0.3, 0.4) is 0 Å². The van der Waals surface area contributed by atoms with Gasteiger partial charge in [-0.25, -0.2) is 66.4 Å². The molecule has 34 unspecified atom stereocenters. The van der Waals surface area contributed by atoms with E-state index in [1.807, 2.05) is 0 Å². The largest absolute Gasteiger partial charge is 0.481 e. The summed E-state index contributed by atoms with van der Waals surface area (Å²) < 4.78 is 232. The number of aliphatic hydroxyl groups excluding tert-OH is 3. The number of rotatable bonds is 45. The second-order valence-corrected chi connectivity index (χ2v) is 41.5. The molecule has 4 aromatic heterocycles. The van der Waals surface area contributed by atoms with Gasteiger partial charge in [0.1, 0.15) is 92.6 Å². The monoisotopic (exact) mass is 1940 g/mol. The first-order valence-electron chi connectivity index (χ1n) is 38.5. The smallest absolute Gasteiger partial charge is 0.388 e. The van der Waals surface area contributed by atoms with Crippen LogP contribution in [0, 0.1) is 5.92 Å². The number of nitrogens with two attached hydrogens (primary N) is 1. The summed E-state index contributed by atoms with van der Waals surface area (Å²) in [5, 5.41) is 35.0. The molecule has 0 saturated carbocycles. The van der Waals surface area contributed by atoms with Crippen LogP contribution in [0.2, 0.25) is 0 Å². The SMILES string of the molecule is [B][B]C1CC(OP(=O)(O)OCC2OC(C)CC2OC)C(COP(=O)(O)OC2CC(B([B])[B])OC2COP(=O)(O)OP(=O)(O)OCC2OC(n3cnc4c(NC)ncnc43)C(O)C2O)O1.[B][B]C1CC(OP(=O)(O)OCC2OC([B])CC2OC)C(COP(=O)(O)OC2CC(B([B])[B])OC2COP(=O)(O)OP(=O)(O)OCC2OC(n3cnc4c(N)ncnc43)C(O)C2C)O1. The van der Waals surface area contributed by atoms with E-state index in [2.05, 4.69) is 43.8 Å². The van der Waals surface area contributed by atoms with Crippen molar-refractivity contribution in [2.45, 2.75) is 205 Å². The van der Waals surface area contributed by atoms with Gasteiger partial charge >= 0.3 is 62.6 Å². The minimum atomic E-state index is -5.54. The molecule has 34 atom stereocenters. The van der Waals surface area contributed by atoms with Crippen LogP contribution >= 0.6 is 62.6 Å². The normalized spacial score (nSPS) is 35.9. The van der Waals surface area contributed by atoms with Crippen LogP contribution in [-0.2, 0) is 147 Å². The molecule has 8 aliphatic heterocycles. The number of nitrogen functional groups attached to an aromatic ring is 1. The molecule has 14 N–H and O–H groups in total. The van der Waals surface area contributed by atoms with E-state index in [1.165, 1.54) is 48.7 Å². The van der Waals surface area contributed by atoms with E-state index >= 15 is 0 Å². The third-order valence-corrected chi connectivity index (χ3v) is 30.0.